The van der Waals surface area contributed by atoms with Crippen LogP contribution in [0.2, 0.25) is 0 Å². The normalized spacial score (nSPS) is 17.7. The number of nitrogens with zero attached hydrogens (tertiary/aromatic N) is 4. The molecule has 0 radical (unpaired) electrons. The Labute approximate surface area is 177 Å². The zero-order valence-electron chi connectivity index (χ0n) is 17.3. The summed E-state index contributed by atoms with van der Waals surface area (Å²) in [6.45, 7) is 8.60. The van der Waals surface area contributed by atoms with Crippen molar-refractivity contribution in [3.8, 4) is 0 Å². The molecule has 1 aliphatic carbocycles. The molecule has 1 aromatic carbocycles. The van der Waals surface area contributed by atoms with Crippen LogP contribution in [0.1, 0.15) is 24.0 Å². The fourth-order valence-electron chi connectivity index (χ4n) is 3.71. The van der Waals surface area contributed by atoms with Crippen molar-refractivity contribution in [3.63, 3.8) is 0 Å². The summed E-state index contributed by atoms with van der Waals surface area (Å²) in [5.41, 5.74) is 5.63. The number of carbonyl (C=O) groups is 1. The first-order chi connectivity index (χ1) is 14.7. The minimum Gasteiger partial charge on any atom is -0.297 e. The van der Waals surface area contributed by atoms with Crippen LogP contribution in [0.3, 0.4) is 0 Å². The zero-order chi connectivity index (χ0) is 21.2. The monoisotopic (exact) mass is 407 g/mol. The van der Waals surface area contributed by atoms with Crippen molar-refractivity contribution < 1.29 is 4.79 Å². The first-order valence-corrected chi connectivity index (χ1v) is 10.4. The Bertz CT molecular complexity index is 851. The number of benzene rings is 1. The van der Waals surface area contributed by atoms with Crippen molar-refractivity contribution in [2.45, 2.75) is 19.3 Å². The summed E-state index contributed by atoms with van der Waals surface area (Å²) in [5.74, 6) is -0.166. The Morgan fingerprint density at radius 2 is 1.97 bits per heavy atom. The van der Waals surface area contributed by atoms with Gasteiger partial charge < -0.3 is 0 Å². The second-order valence-corrected chi connectivity index (χ2v) is 7.54. The second-order valence-electron chi connectivity index (χ2n) is 7.54. The SMILES string of the molecule is C=CCc1cccc(/C=N/NC(=O)CN2CCN(CC3=CCCC=C3)CC2)c1N=O. The Kier molecular flexibility index (Phi) is 8.23. The lowest BCUT2D eigenvalue weighted by molar-refractivity contribution is -0.122. The third-order valence-corrected chi connectivity index (χ3v) is 5.31. The molecule has 0 bridgehead atoms. The van der Waals surface area contributed by atoms with Gasteiger partial charge >= 0.3 is 0 Å². The number of hydrogen-bond acceptors (Lipinski definition) is 6. The van der Waals surface area contributed by atoms with E-state index in [1.807, 2.05) is 12.1 Å². The third kappa shape index (κ3) is 6.30. The van der Waals surface area contributed by atoms with Gasteiger partial charge in [-0.3, -0.25) is 14.6 Å². The molecule has 1 fully saturated rings. The Hall–Kier alpha value is -2.90. The molecule has 3 rings (SSSR count). The van der Waals surface area contributed by atoms with E-state index in [0.717, 1.165) is 51.1 Å². The molecule has 1 N–H and O–H groups in total. The minimum atomic E-state index is -0.166. The van der Waals surface area contributed by atoms with Gasteiger partial charge in [-0.1, -0.05) is 42.5 Å². The lowest BCUT2D eigenvalue weighted by Gasteiger charge is -2.34. The predicted molar refractivity (Wildman–Crippen MR) is 121 cm³/mol. The van der Waals surface area contributed by atoms with Crippen molar-refractivity contribution in [3.05, 3.63) is 70.7 Å². The van der Waals surface area contributed by atoms with E-state index in [-0.39, 0.29) is 5.91 Å². The van der Waals surface area contributed by atoms with Crippen molar-refractivity contribution in [2.24, 2.45) is 10.3 Å². The highest BCUT2D eigenvalue weighted by atomic mass is 16.3. The maximum Gasteiger partial charge on any atom is 0.254 e. The van der Waals surface area contributed by atoms with Crippen LogP contribution in [0.4, 0.5) is 5.69 Å². The van der Waals surface area contributed by atoms with Crippen LogP contribution >= 0.6 is 0 Å². The quantitative estimate of drug-likeness (QED) is 0.295. The van der Waals surface area contributed by atoms with Crippen LogP contribution in [0.5, 0.6) is 0 Å². The maximum absolute atomic E-state index is 12.2. The van der Waals surface area contributed by atoms with Crippen molar-refractivity contribution >= 4 is 17.8 Å². The summed E-state index contributed by atoms with van der Waals surface area (Å²) in [5, 5.41) is 7.11. The molecule has 1 heterocycles. The molecule has 1 aliphatic heterocycles. The molecular weight excluding hydrogens is 378 g/mol. The first-order valence-electron chi connectivity index (χ1n) is 10.4. The van der Waals surface area contributed by atoms with Gasteiger partial charge in [-0.05, 0) is 35.6 Å². The molecule has 0 unspecified atom stereocenters. The molecule has 7 nitrogen and oxygen atoms in total. The lowest BCUT2D eigenvalue weighted by atomic mass is 10.1. The number of nitroso groups, excluding NO2 is 1. The summed E-state index contributed by atoms with van der Waals surface area (Å²) in [6, 6.07) is 5.40. The molecule has 0 atom stereocenters. The number of hydrazone groups is 1. The number of hydrogen-bond donors (Lipinski definition) is 1. The van der Waals surface area contributed by atoms with Crippen molar-refractivity contribution in [1.82, 2.24) is 15.2 Å². The summed E-state index contributed by atoms with van der Waals surface area (Å²) < 4.78 is 0. The summed E-state index contributed by atoms with van der Waals surface area (Å²) in [4.78, 5) is 28.0. The molecule has 0 aromatic heterocycles. The van der Waals surface area contributed by atoms with Crippen LogP contribution in [-0.2, 0) is 11.2 Å². The highest BCUT2D eigenvalue weighted by molar-refractivity contribution is 5.89. The number of carbonyl (C=O) groups excluding carboxylic acids is 1. The molecular formula is C23H29N5O2. The van der Waals surface area contributed by atoms with E-state index in [9.17, 15) is 9.70 Å². The molecule has 1 aromatic rings. The summed E-state index contributed by atoms with van der Waals surface area (Å²) in [6.07, 6.45) is 12.8. The van der Waals surface area contributed by atoms with Crippen LogP contribution in [0, 0.1) is 4.91 Å². The smallest absolute Gasteiger partial charge is 0.254 e. The van der Waals surface area contributed by atoms with Crippen LogP contribution in [0.15, 0.2) is 64.9 Å². The van der Waals surface area contributed by atoms with Gasteiger partial charge in [-0.15, -0.1) is 11.5 Å². The Morgan fingerprint density at radius 3 is 2.67 bits per heavy atom. The van der Waals surface area contributed by atoms with Crippen LogP contribution < -0.4 is 5.43 Å². The second kappa shape index (κ2) is 11.3. The average molecular weight is 408 g/mol. The van der Waals surface area contributed by atoms with E-state index >= 15 is 0 Å². The number of allylic oxidation sites excluding steroid dienone is 3. The standard InChI is InChI=1S/C23H29N5O2/c1-2-7-20-10-6-11-21(23(20)26-30)16-24-25-22(29)18-28-14-12-27(13-15-28)17-19-8-4-3-5-9-19/h2,4,6,8-11,16H,1,3,5,7,12-15,17-18H2,(H,25,29)/b24-16+. The molecule has 1 amide bonds. The van der Waals surface area contributed by atoms with Gasteiger partial charge in [0.2, 0.25) is 0 Å². The minimum absolute atomic E-state index is 0.166. The molecule has 2 aliphatic rings. The molecule has 7 heteroatoms. The fourth-order valence-corrected chi connectivity index (χ4v) is 3.71. The molecule has 0 spiro atoms. The third-order valence-electron chi connectivity index (χ3n) is 5.31. The zero-order valence-corrected chi connectivity index (χ0v) is 17.3. The highest BCUT2D eigenvalue weighted by Crippen LogP contribution is 2.23. The number of nitrogens with one attached hydrogen (secondary N) is 1. The Morgan fingerprint density at radius 1 is 1.17 bits per heavy atom. The van der Waals surface area contributed by atoms with Gasteiger partial charge in [0.25, 0.3) is 5.91 Å². The summed E-state index contributed by atoms with van der Waals surface area (Å²) in [7, 11) is 0. The van der Waals surface area contributed by atoms with E-state index in [1.165, 1.54) is 11.8 Å². The first kappa shape index (κ1) is 21.8. The molecule has 0 saturated carbocycles. The van der Waals surface area contributed by atoms with Crippen molar-refractivity contribution in [2.75, 3.05) is 39.3 Å². The van der Waals surface area contributed by atoms with E-state index in [2.05, 4.69) is 50.3 Å². The number of rotatable bonds is 9. The maximum atomic E-state index is 12.2. The van der Waals surface area contributed by atoms with Gasteiger partial charge in [0.15, 0.2) is 0 Å². The van der Waals surface area contributed by atoms with Gasteiger partial charge in [0.1, 0.15) is 5.69 Å². The van der Waals surface area contributed by atoms with E-state index < -0.39 is 0 Å². The lowest BCUT2D eigenvalue weighted by Crippen LogP contribution is -2.49. The molecule has 158 valence electrons. The fraction of sp³-hybridized carbons (Fsp3) is 0.391. The van der Waals surface area contributed by atoms with Gasteiger partial charge in [-0.2, -0.15) is 5.10 Å². The van der Waals surface area contributed by atoms with E-state index in [0.29, 0.717) is 24.2 Å². The van der Waals surface area contributed by atoms with Gasteiger partial charge in [-0.25, -0.2) is 5.43 Å². The van der Waals surface area contributed by atoms with Crippen molar-refractivity contribution in [1.29, 1.82) is 0 Å². The Balaban J connectivity index is 1.44. The van der Waals surface area contributed by atoms with Gasteiger partial charge in [0.05, 0.1) is 12.8 Å². The van der Waals surface area contributed by atoms with E-state index in [4.69, 9.17) is 0 Å². The van der Waals surface area contributed by atoms with Crippen LogP contribution in [-0.4, -0.2) is 61.2 Å². The predicted octanol–water partition coefficient (Wildman–Crippen LogP) is 3.16. The average Bonchev–Trinajstić information content (AvgIpc) is 2.76. The highest BCUT2D eigenvalue weighted by Gasteiger charge is 2.19. The molecule has 30 heavy (non-hydrogen) atoms. The molecule has 1 saturated heterocycles. The van der Waals surface area contributed by atoms with Crippen LogP contribution in [0.25, 0.3) is 0 Å². The van der Waals surface area contributed by atoms with E-state index in [1.54, 1.807) is 12.1 Å². The topological polar surface area (TPSA) is 77.4 Å². The summed E-state index contributed by atoms with van der Waals surface area (Å²) >= 11 is 0. The number of piperazine rings is 1. The number of amides is 1. The largest absolute Gasteiger partial charge is 0.297 e. The van der Waals surface area contributed by atoms with Gasteiger partial charge in [0, 0.05) is 38.3 Å².